The van der Waals surface area contributed by atoms with Crippen LogP contribution in [-0.2, 0) is 9.16 Å². The minimum absolute atomic E-state index is 0.340. The summed E-state index contributed by atoms with van der Waals surface area (Å²) < 4.78 is 16.3. The summed E-state index contributed by atoms with van der Waals surface area (Å²) in [6.07, 6.45) is 3.64. The van der Waals surface area contributed by atoms with Gasteiger partial charge in [0.2, 0.25) is 0 Å². The van der Waals surface area contributed by atoms with Crippen LogP contribution in [0.15, 0.2) is 22.6 Å². The van der Waals surface area contributed by atoms with Crippen molar-refractivity contribution in [2.24, 2.45) is 0 Å². The Hall–Kier alpha value is -1.56. The predicted octanol–water partition coefficient (Wildman–Crippen LogP) is 5.05. The number of methoxy groups -OCH3 is 1. The lowest BCUT2D eigenvalue weighted by Gasteiger charge is -2.15. The summed E-state index contributed by atoms with van der Waals surface area (Å²) in [6.45, 7) is 8.65. The molecule has 6 heteroatoms. The summed E-state index contributed by atoms with van der Waals surface area (Å²) in [4.78, 5) is 12.2. The number of hydrogen-bond acceptors (Lipinski definition) is 4. The lowest BCUT2D eigenvalue weighted by atomic mass is 10.0. The fourth-order valence-corrected chi connectivity index (χ4v) is 3.10. The van der Waals surface area contributed by atoms with E-state index in [1.54, 1.807) is 12.1 Å². The largest absolute Gasteiger partial charge is 0.465 e. The molecule has 0 N–H and O–H groups in total. The van der Waals surface area contributed by atoms with Crippen molar-refractivity contribution in [1.29, 1.82) is 0 Å². The van der Waals surface area contributed by atoms with Gasteiger partial charge in [0.05, 0.1) is 13.7 Å². The van der Waals surface area contributed by atoms with Crippen LogP contribution in [0.1, 0.15) is 21.7 Å². The maximum absolute atomic E-state index is 12.2. The maximum Gasteiger partial charge on any atom is 0.342 e. The Kier molecular flexibility index (Phi) is 5.34. The first kappa shape index (κ1) is 17.8. The zero-order chi connectivity index (χ0) is 17.2. The van der Waals surface area contributed by atoms with Gasteiger partial charge in [0.1, 0.15) is 16.9 Å². The van der Waals surface area contributed by atoms with Gasteiger partial charge in [-0.25, -0.2) is 4.79 Å². The van der Waals surface area contributed by atoms with Crippen LogP contribution in [0.4, 0.5) is 0 Å². The zero-order valence-corrected chi connectivity index (χ0v) is 15.8. The number of hydrogen-bond donors (Lipinski definition) is 0. The minimum atomic E-state index is -1.59. The highest BCUT2D eigenvalue weighted by atomic mass is 35.5. The van der Waals surface area contributed by atoms with E-state index < -0.39 is 14.3 Å². The molecule has 0 spiro atoms. The molecule has 2 aromatic rings. The van der Waals surface area contributed by atoms with Crippen molar-refractivity contribution in [3.8, 4) is 0 Å². The first-order chi connectivity index (χ1) is 10.7. The average molecular weight is 353 g/mol. The van der Waals surface area contributed by atoms with Crippen molar-refractivity contribution in [3.05, 3.63) is 40.1 Å². The second kappa shape index (κ2) is 6.91. The molecule has 0 aliphatic rings. The number of benzene rings is 1. The van der Waals surface area contributed by atoms with Crippen LogP contribution in [0.5, 0.6) is 0 Å². The second-order valence-corrected chi connectivity index (χ2v) is 11.2. The van der Waals surface area contributed by atoms with Crippen LogP contribution in [0.25, 0.3) is 17.0 Å². The normalized spacial score (nSPS) is 12.3. The lowest BCUT2D eigenvalue weighted by molar-refractivity contribution is 0.0601. The summed E-state index contributed by atoms with van der Waals surface area (Å²) in [5.41, 5.74) is 1.41. The molecular formula is C17H21ClO4Si. The number of ether oxygens (including phenoxy) is 1. The predicted molar refractivity (Wildman–Crippen MR) is 95.6 cm³/mol. The van der Waals surface area contributed by atoms with E-state index in [1.165, 1.54) is 7.11 Å². The first-order valence-electron chi connectivity index (χ1n) is 7.34. The maximum atomic E-state index is 12.2. The molecule has 0 amide bonds. The van der Waals surface area contributed by atoms with Crippen molar-refractivity contribution in [2.75, 3.05) is 13.7 Å². The third kappa shape index (κ3) is 4.25. The van der Waals surface area contributed by atoms with Gasteiger partial charge < -0.3 is 13.6 Å². The van der Waals surface area contributed by atoms with Crippen LogP contribution in [-0.4, -0.2) is 28.0 Å². The molecule has 0 fully saturated rings. The molecule has 0 atom stereocenters. The van der Waals surface area contributed by atoms with E-state index in [9.17, 15) is 4.79 Å². The van der Waals surface area contributed by atoms with Crippen LogP contribution in [0, 0.1) is 6.92 Å². The van der Waals surface area contributed by atoms with Crippen molar-refractivity contribution in [3.63, 3.8) is 0 Å². The molecule has 1 heterocycles. The molecule has 0 bridgehead atoms. The topological polar surface area (TPSA) is 48.7 Å². The lowest BCUT2D eigenvalue weighted by Crippen LogP contribution is -2.25. The average Bonchev–Trinajstić information content (AvgIpc) is 2.81. The highest BCUT2D eigenvalue weighted by Crippen LogP contribution is 2.33. The van der Waals surface area contributed by atoms with Crippen molar-refractivity contribution in [2.45, 2.75) is 26.6 Å². The first-order valence-corrected chi connectivity index (χ1v) is 11.1. The van der Waals surface area contributed by atoms with Crippen LogP contribution in [0.3, 0.4) is 0 Å². The van der Waals surface area contributed by atoms with Crippen LogP contribution in [0.2, 0.25) is 24.7 Å². The van der Waals surface area contributed by atoms with Gasteiger partial charge in [-0.1, -0.05) is 23.8 Å². The van der Waals surface area contributed by atoms with Crippen LogP contribution < -0.4 is 0 Å². The van der Waals surface area contributed by atoms with E-state index in [4.69, 9.17) is 25.2 Å². The monoisotopic (exact) mass is 352 g/mol. The van der Waals surface area contributed by atoms with E-state index in [2.05, 4.69) is 19.6 Å². The number of rotatable bonds is 5. The van der Waals surface area contributed by atoms with Gasteiger partial charge in [0.25, 0.3) is 0 Å². The molecule has 0 aliphatic heterocycles. The number of furan rings is 1. The number of carbonyl (C=O) groups excluding carboxylic acids is 1. The summed E-state index contributed by atoms with van der Waals surface area (Å²) in [5, 5.41) is 1.26. The van der Waals surface area contributed by atoms with Gasteiger partial charge in [-0.2, -0.15) is 0 Å². The smallest absolute Gasteiger partial charge is 0.342 e. The van der Waals surface area contributed by atoms with Crippen molar-refractivity contribution < 1.29 is 18.4 Å². The van der Waals surface area contributed by atoms with Crippen LogP contribution >= 0.6 is 11.6 Å². The molecule has 23 heavy (non-hydrogen) atoms. The van der Waals surface area contributed by atoms with Gasteiger partial charge >= 0.3 is 5.97 Å². The zero-order valence-electron chi connectivity index (χ0n) is 14.0. The molecule has 0 saturated heterocycles. The molecular weight excluding hydrogens is 332 g/mol. The Bertz CT molecular complexity index is 756. The SMILES string of the molecule is COC(=O)c1c(C=CCO[Si](C)(C)C)c(Cl)cc2cc(C)oc12. The van der Waals surface area contributed by atoms with E-state index in [0.29, 0.717) is 34.1 Å². The molecule has 0 radical (unpaired) electrons. The van der Waals surface area contributed by atoms with Gasteiger partial charge in [-0.05, 0) is 38.7 Å². The Morgan fingerprint density at radius 2 is 2.04 bits per heavy atom. The van der Waals surface area contributed by atoms with Gasteiger partial charge in [0.15, 0.2) is 8.32 Å². The fraction of sp³-hybridized carbons (Fsp3) is 0.353. The molecule has 0 unspecified atom stereocenters. The van der Waals surface area contributed by atoms with Crippen molar-refractivity contribution in [1.82, 2.24) is 0 Å². The molecule has 4 nitrogen and oxygen atoms in total. The summed E-state index contributed by atoms with van der Waals surface area (Å²) in [6, 6.07) is 3.63. The quantitative estimate of drug-likeness (QED) is 0.558. The summed E-state index contributed by atoms with van der Waals surface area (Å²) in [5.74, 6) is 0.238. The number of esters is 1. The molecule has 0 saturated carbocycles. The Morgan fingerprint density at radius 3 is 2.65 bits per heavy atom. The number of carbonyl (C=O) groups is 1. The number of fused-ring (bicyclic) bond motifs is 1. The molecule has 0 aliphatic carbocycles. The minimum Gasteiger partial charge on any atom is -0.465 e. The molecule has 124 valence electrons. The summed E-state index contributed by atoms with van der Waals surface area (Å²) >= 11 is 6.35. The standard InChI is InChI=1S/C17H21ClO4Si/c1-11-9-12-10-14(18)13(7-6-8-21-23(3,4)5)15(16(12)22-11)17(19)20-2/h6-7,9-10H,8H2,1-5H3. The van der Waals surface area contributed by atoms with E-state index in [0.717, 1.165) is 5.39 Å². The highest BCUT2D eigenvalue weighted by Gasteiger charge is 2.21. The van der Waals surface area contributed by atoms with Gasteiger partial charge in [-0.3, -0.25) is 0 Å². The summed E-state index contributed by atoms with van der Waals surface area (Å²) in [7, 11) is -0.246. The van der Waals surface area contributed by atoms with E-state index >= 15 is 0 Å². The molecule has 2 rings (SSSR count). The van der Waals surface area contributed by atoms with Gasteiger partial charge in [0, 0.05) is 16.0 Å². The second-order valence-electron chi connectivity index (χ2n) is 6.24. The van der Waals surface area contributed by atoms with E-state index in [1.807, 2.05) is 19.1 Å². The number of halogens is 1. The highest BCUT2D eigenvalue weighted by molar-refractivity contribution is 6.69. The van der Waals surface area contributed by atoms with E-state index in [-0.39, 0.29) is 0 Å². The molecule has 1 aromatic heterocycles. The number of aryl methyl sites for hydroxylation is 1. The van der Waals surface area contributed by atoms with Gasteiger partial charge in [-0.15, -0.1) is 0 Å². The molecule has 1 aromatic carbocycles. The fourth-order valence-electron chi connectivity index (χ4n) is 2.22. The van der Waals surface area contributed by atoms with Crippen molar-refractivity contribution >= 4 is 42.9 Å². The Labute approximate surface area is 142 Å². The third-order valence-corrected chi connectivity index (χ3v) is 4.55. The third-order valence-electron chi connectivity index (χ3n) is 3.21. The Balaban J connectivity index is 2.47. The Morgan fingerprint density at radius 1 is 1.35 bits per heavy atom.